The van der Waals surface area contributed by atoms with Crippen molar-refractivity contribution in [3.8, 4) is 5.75 Å². The average molecular weight is 439 g/mol. The quantitative estimate of drug-likeness (QED) is 0.741. The number of hydrazone groups is 1. The molecule has 158 valence electrons. The number of halogens is 4. The minimum atomic E-state index is -1.35. The van der Waals surface area contributed by atoms with Gasteiger partial charge >= 0.3 is 0 Å². The van der Waals surface area contributed by atoms with Gasteiger partial charge in [0.1, 0.15) is 22.4 Å². The van der Waals surface area contributed by atoms with Gasteiger partial charge < -0.3 is 10.5 Å². The van der Waals surface area contributed by atoms with Crippen molar-refractivity contribution in [3.05, 3.63) is 64.7 Å². The molecule has 0 fully saturated rings. The molecule has 2 heterocycles. The zero-order chi connectivity index (χ0) is 21.6. The summed E-state index contributed by atoms with van der Waals surface area (Å²) in [5, 5.41) is 5.42. The molecule has 1 spiro atoms. The highest BCUT2D eigenvalue weighted by molar-refractivity contribution is 8.15. The molecule has 4 rings (SSSR count). The van der Waals surface area contributed by atoms with Crippen molar-refractivity contribution in [2.24, 2.45) is 16.8 Å². The molecule has 0 saturated heterocycles. The standard InChI is InChI=1S/C20H17F4N3O2S/c1-10(28)27-20(30-19(26-27)13-6-12(21)2-3-15(13)22)11(4-5-25)9-29-18-8-17(24)16(23)7-14(18)20/h2-3,6-8,11H,4-5,9,25H2,1H3/t11-,20+/m0/s1. The minimum Gasteiger partial charge on any atom is -0.493 e. The van der Waals surface area contributed by atoms with Crippen LogP contribution < -0.4 is 10.5 Å². The second-order valence-electron chi connectivity index (χ2n) is 7.01. The highest BCUT2D eigenvalue weighted by Gasteiger charge is 2.56. The molecule has 2 atom stereocenters. The van der Waals surface area contributed by atoms with Crippen LogP contribution in [0.2, 0.25) is 0 Å². The fraction of sp³-hybridized carbons (Fsp3) is 0.300. The Bertz CT molecular complexity index is 1060. The van der Waals surface area contributed by atoms with Crippen molar-refractivity contribution in [1.82, 2.24) is 5.01 Å². The zero-order valence-corrected chi connectivity index (χ0v) is 16.6. The van der Waals surface area contributed by atoms with E-state index in [4.69, 9.17) is 10.5 Å². The molecule has 0 bridgehead atoms. The van der Waals surface area contributed by atoms with E-state index in [0.29, 0.717) is 6.42 Å². The van der Waals surface area contributed by atoms with Crippen molar-refractivity contribution < 1.29 is 27.1 Å². The van der Waals surface area contributed by atoms with Gasteiger partial charge in [-0.3, -0.25) is 4.79 Å². The Hall–Kier alpha value is -2.59. The first kappa shape index (κ1) is 20.7. The highest BCUT2D eigenvalue weighted by Crippen LogP contribution is 2.57. The fourth-order valence-electron chi connectivity index (χ4n) is 3.81. The molecule has 10 heteroatoms. The Kier molecular flexibility index (Phi) is 5.23. The Balaban J connectivity index is 1.93. The average Bonchev–Trinajstić information content (AvgIpc) is 3.09. The molecule has 2 aromatic carbocycles. The largest absolute Gasteiger partial charge is 0.493 e. The van der Waals surface area contributed by atoms with Gasteiger partial charge in [0.25, 0.3) is 0 Å². The molecule has 0 saturated carbocycles. The van der Waals surface area contributed by atoms with Crippen molar-refractivity contribution >= 4 is 22.7 Å². The number of benzene rings is 2. The monoisotopic (exact) mass is 439 g/mol. The van der Waals surface area contributed by atoms with Gasteiger partial charge in [0.05, 0.1) is 6.61 Å². The molecule has 5 nitrogen and oxygen atoms in total. The first-order valence-corrected chi connectivity index (χ1v) is 9.95. The van der Waals surface area contributed by atoms with E-state index < -0.39 is 40.0 Å². The van der Waals surface area contributed by atoms with Crippen LogP contribution in [0.1, 0.15) is 24.5 Å². The lowest BCUT2D eigenvalue weighted by Gasteiger charge is -2.45. The van der Waals surface area contributed by atoms with E-state index in [0.717, 1.165) is 47.1 Å². The van der Waals surface area contributed by atoms with Crippen LogP contribution in [0.5, 0.6) is 5.75 Å². The van der Waals surface area contributed by atoms with E-state index in [1.165, 1.54) is 6.92 Å². The lowest BCUT2D eigenvalue weighted by atomic mass is 9.86. The van der Waals surface area contributed by atoms with Crippen LogP contribution in [0, 0.1) is 29.2 Å². The van der Waals surface area contributed by atoms with Gasteiger partial charge in [0.2, 0.25) is 5.91 Å². The topological polar surface area (TPSA) is 67.9 Å². The van der Waals surface area contributed by atoms with E-state index in [-0.39, 0.29) is 35.1 Å². The number of hydrogen-bond acceptors (Lipinski definition) is 5. The summed E-state index contributed by atoms with van der Waals surface area (Å²) in [5.74, 6) is -4.55. The van der Waals surface area contributed by atoms with Crippen LogP contribution in [0.25, 0.3) is 0 Å². The number of ether oxygens (including phenoxy) is 1. The van der Waals surface area contributed by atoms with Crippen molar-refractivity contribution in [2.75, 3.05) is 13.2 Å². The van der Waals surface area contributed by atoms with Gasteiger partial charge in [-0.15, -0.1) is 0 Å². The van der Waals surface area contributed by atoms with E-state index >= 15 is 0 Å². The third-order valence-electron chi connectivity index (χ3n) is 5.13. The number of rotatable bonds is 3. The molecule has 2 aliphatic heterocycles. The van der Waals surface area contributed by atoms with Gasteiger partial charge in [-0.25, -0.2) is 22.6 Å². The second-order valence-corrected chi connectivity index (χ2v) is 8.22. The number of fused-ring (bicyclic) bond motifs is 2. The SMILES string of the molecule is CC(=O)N1N=C(c2cc(F)ccc2F)S[C@]12c1cc(F)c(F)cc1OC[C@@H]2CCN. The Morgan fingerprint density at radius 2 is 1.97 bits per heavy atom. The molecule has 0 unspecified atom stereocenters. The second kappa shape index (κ2) is 7.59. The number of nitrogens with two attached hydrogens (primary N) is 1. The number of thioether (sulfide) groups is 1. The third-order valence-corrected chi connectivity index (χ3v) is 6.66. The van der Waals surface area contributed by atoms with Crippen molar-refractivity contribution in [3.63, 3.8) is 0 Å². The molecule has 0 radical (unpaired) electrons. The summed E-state index contributed by atoms with van der Waals surface area (Å²) in [6, 6.07) is 4.77. The van der Waals surface area contributed by atoms with E-state index in [1.807, 2.05) is 0 Å². The summed E-state index contributed by atoms with van der Waals surface area (Å²) in [7, 11) is 0. The number of carbonyl (C=O) groups is 1. The van der Waals surface area contributed by atoms with Gasteiger partial charge in [0.15, 0.2) is 16.5 Å². The van der Waals surface area contributed by atoms with Crippen LogP contribution in [0.4, 0.5) is 17.6 Å². The molecular formula is C20H17F4N3O2S. The van der Waals surface area contributed by atoms with Crippen LogP contribution in [0.3, 0.4) is 0 Å². The maximum absolute atomic E-state index is 14.4. The number of hydrogen-bond donors (Lipinski definition) is 1. The highest BCUT2D eigenvalue weighted by atomic mass is 32.2. The summed E-state index contributed by atoms with van der Waals surface area (Å²) in [4.78, 5) is 11.2. The first-order chi connectivity index (χ1) is 14.3. The smallest absolute Gasteiger partial charge is 0.241 e. The zero-order valence-electron chi connectivity index (χ0n) is 15.8. The van der Waals surface area contributed by atoms with E-state index in [2.05, 4.69) is 5.10 Å². The minimum absolute atomic E-state index is 0.0433. The molecule has 1 amide bonds. The van der Waals surface area contributed by atoms with Crippen molar-refractivity contribution in [2.45, 2.75) is 18.2 Å². The first-order valence-electron chi connectivity index (χ1n) is 9.14. The Morgan fingerprint density at radius 3 is 2.67 bits per heavy atom. The molecule has 2 aromatic rings. The molecule has 2 N–H and O–H groups in total. The Labute approximate surface area is 173 Å². The van der Waals surface area contributed by atoms with Crippen LogP contribution >= 0.6 is 11.8 Å². The van der Waals surface area contributed by atoms with E-state index in [9.17, 15) is 22.4 Å². The number of nitrogens with zero attached hydrogens (tertiary/aromatic N) is 2. The normalized spacial score (nSPS) is 22.7. The number of carbonyl (C=O) groups excluding carboxylic acids is 1. The van der Waals surface area contributed by atoms with Gasteiger partial charge in [-0.1, -0.05) is 11.8 Å². The van der Waals surface area contributed by atoms with Gasteiger partial charge in [0, 0.05) is 30.0 Å². The fourth-order valence-corrected chi connectivity index (χ4v) is 5.37. The third kappa shape index (κ3) is 3.14. The van der Waals surface area contributed by atoms with E-state index in [1.54, 1.807) is 0 Å². The molecule has 2 aliphatic rings. The van der Waals surface area contributed by atoms with Crippen LogP contribution in [-0.4, -0.2) is 29.1 Å². The summed E-state index contributed by atoms with van der Waals surface area (Å²) in [6.45, 7) is 1.54. The molecular weight excluding hydrogens is 422 g/mol. The van der Waals surface area contributed by atoms with Crippen LogP contribution in [0.15, 0.2) is 35.4 Å². The number of amides is 1. The lowest BCUT2D eigenvalue weighted by molar-refractivity contribution is -0.134. The van der Waals surface area contributed by atoms with Crippen molar-refractivity contribution in [1.29, 1.82) is 0 Å². The van der Waals surface area contributed by atoms with Crippen LogP contribution in [-0.2, 0) is 9.67 Å². The van der Waals surface area contributed by atoms with Gasteiger partial charge in [-0.05, 0) is 37.2 Å². The summed E-state index contributed by atoms with van der Waals surface area (Å²) < 4.78 is 61.9. The molecule has 30 heavy (non-hydrogen) atoms. The summed E-state index contributed by atoms with van der Waals surface area (Å²) >= 11 is 0.975. The maximum Gasteiger partial charge on any atom is 0.241 e. The lowest BCUT2D eigenvalue weighted by Crippen LogP contribution is -2.51. The summed E-state index contributed by atoms with van der Waals surface area (Å²) in [6.07, 6.45) is 0.365. The predicted octanol–water partition coefficient (Wildman–Crippen LogP) is 3.71. The molecule has 0 aliphatic carbocycles. The summed E-state index contributed by atoms with van der Waals surface area (Å²) in [5.41, 5.74) is 5.79. The maximum atomic E-state index is 14.4. The van der Waals surface area contributed by atoms with Gasteiger partial charge in [-0.2, -0.15) is 5.10 Å². The Morgan fingerprint density at radius 1 is 1.23 bits per heavy atom. The molecule has 0 aromatic heterocycles. The predicted molar refractivity (Wildman–Crippen MR) is 104 cm³/mol.